The van der Waals surface area contributed by atoms with Crippen LogP contribution in [0.1, 0.15) is 41.4 Å². The van der Waals surface area contributed by atoms with Gasteiger partial charge in [0, 0.05) is 16.7 Å². The molecule has 1 aliphatic carbocycles. The second-order valence-electron chi connectivity index (χ2n) is 10.3. The summed E-state index contributed by atoms with van der Waals surface area (Å²) in [4.78, 5) is 29.2. The van der Waals surface area contributed by atoms with Gasteiger partial charge in [-0.1, -0.05) is 0 Å². The van der Waals surface area contributed by atoms with E-state index < -0.39 is 47.1 Å². The van der Waals surface area contributed by atoms with Crippen LogP contribution >= 0.6 is 0 Å². The van der Waals surface area contributed by atoms with Crippen LogP contribution < -0.4 is 20.5 Å². The molecule has 2 aromatic carbocycles. The number of aliphatic hydroxyl groups is 1. The molecule has 2 aliphatic rings. The van der Waals surface area contributed by atoms with Crippen LogP contribution in [0.25, 0.3) is 11.3 Å². The van der Waals surface area contributed by atoms with Crippen molar-refractivity contribution in [3.8, 4) is 28.5 Å². The van der Waals surface area contributed by atoms with Crippen molar-refractivity contribution < 1.29 is 46.8 Å². The van der Waals surface area contributed by atoms with Crippen molar-refractivity contribution in [2.45, 2.75) is 43.1 Å². The second-order valence-corrected chi connectivity index (χ2v) is 10.3. The Bertz CT molecular complexity index is 1530. The van der Waals surface area contributed by atoms with Crippen molar-refractivity contribution in [2.75, 3.05) is 13.2 Å². The third-order valence-electron chi connectivity index (χ3n) is 7.17. The Morgan fingerprint density at radius 1 is 1.17 bits per heavy atom. The van der Waals surface area contributed by atoms with Gasteiger partial charge in [0.2, 0.25) is 11.5 Å². The minimum atomic E-state index is -5.36. The first-order chi connectivity index (χ1) is 19.2. The number of rotatable bonds is 8. The third kappa shape index (κ3) is 5.12. The zero-order valence-corrected chi connectivity index (χ0v) is 21.6. The van der Waals surface area contributed by atoms with Gasteiger partial charge in [-0.15, -0.1) is 0 Å². The van der Waals surface area contributed by atoms with E-state index >= 15 is 0 Å². The Morgan fingerprint density at radius 3 is 2.46 bits per heavy atom. The first-order valence-electron chi connectivity index (χ1n) is 12.5. The Labute approximate surface area is 230 Å². The standard InChI is InChI=1S/C28H25F4N3O6/c1-26(25(33)38)13-40-23-18(26)11-21(35-22(23)14-2-5-16(29)6-3-14)27(39,28(30,31)32)12-34-24(37)15-4-9-19(36)20(10-15)41-17-7-8-17/h2-6,9-11,17,36,39H,7-8,12-13H2,1H3,(H2,33,38)(H,34,37)/t26-,27-/m0/s1. The summed E-state index contributed by atoms with van der Waals surface area (Å²) in [6, 6.07) is 9.06. The Morgan fingerprint density at radius 2 is 1.85 bits per heavy atom. The molecule has 41 heavy (non-hydrogen) atoms. The van der Waals surface area contributed by atoms with Gasteiger partial charge >= 0.3 is 6.18 Å². The smallest absolute Gasteiger partial charge is 0.424 e. The summed E-state index contributed by atoms with van der Waals surface area (Å²) >= 11 is 0. The summed E-state index contributed by atoms with van der Waals surface area (Å²) in [5.41, 5.74) is -0.887. The lowest BCUT2D eigenvalue weighted by molar-refractivity contribution is -0.265. The highest BCUT2D eigenvalue weighted by atomic mass is 19.4. The quantitative estimate of drug-likeness (QED) is 0.301. The van der Waals surface area contributed by atoms with Gasteiger partial charge in [-0.2, -0.15) is 13.2 Å². The minimum Gasteiger partial charge on any atom is -0.504 e. The molecule has 0 spiro atoms. The fourth-order valence-electron chi connectivity index (χ4n) is 4.36. The number of halogens is 4. The zero-order valence-electron chi connectivity index (χ0n) is 21.6. The molecule has 1 aromatic heterocycles. The first kappa shape index (κ1) is 28.1. The van der Waals surface area contributed by atoms with E-state index in [1.54, 1.807) is 0 Å². The van der Waals surface area contributed by atoms with Crippen LogP contribution in [0.15, 0.2) is 48.5 Å². The summed E-state index contributed by atoms with van der Waals surface area (Å²) in [5, 5.41) is 23.2. The number of phenols is 1. The van der Waals surface area contributed by atoms with Crippen molar-refractivity contribution in [1.29, 1.82) is 0 Å². The Hall–Kier alpha value is -4.39. The van der Waals surface area contributed by atoms with Crippen LogP contribution in [0, 0.1) is 5.82 Å². The number of carbonyl (C=O) groups excluding carboxylic acids is 2. The molecular weight excluding hydrogens is 550 g/mol. The fourth-order valence-corrected chi connectivity index (χ4v) is 4.36. The maximum Gasteiger partial charge on any atom is 0.424 e. The maximum absolute atomic E-state index is 14.5. The lowest BCUT2D eigenvalue weighted by Gasteiger charge is -2.31. The number of aromatic nitrogens is 1. The minimum absolute atomic E-state index is 0.00111. The van der Waals surface area contributed by atoms with Crippen molar-refractivity contribution in [1.82, 2.24) is 10.3 Å². The predicted molar refractivity (Wildman–Crippen MR) is 136 cm³/mol. The van der Waals surface area contributed by atoms with Crippen LogP contribution in [0.5, 0.6) is 17.2 Å². The van der Waals surface area contributed by atoms with Crippen molar-refractivity contribution in [2.24, 2.45) is 5.73 Å². The molecule has 3 aromatic rings. The fraction of sp³-hybridized carbons (Fsp3) is 0.321. The number of aromatic hydroxyl groups is 1. The van der Waals surface area contributed by atoms with Gasteiger partial charge < -0.3 is 30.7 Å². The molecular formula is C28H25F4N3O6. The molecule has 0 radical (unpaired) electrons. The molecule has 216 valence electrons. The molecule has 2 amide bonds. The molecule has 1 aliphatic heterocycles. The Balaban J connectivity index is 1.54. The molecule has 2 atom stereocenters. The number of benzene rings is 2. The van der Waals surface area contributed by atoms with Gasteiger partial charge in [-0.05, 0) is 68.3 Å². The van der Waals surface area contributed by atoms with Crippen LogP contribution in [0.4, 0.5) is 17.6 Å². The summed E-state index contributed by atoms with van der Waals surface area (Å²) < 4.78 is 68.3. The number of fused-ring (bicyclic) bond motifs is 1. The van der Waals surface area contributed by atoms with E-state index in [9.17, 15) is 37.4 Å². The first-order valence-corrected chi connectivity index (χ1v) is 12.5. The molecule has 2 heterocycles. The van der Waals surface area contributed by atoms with E-state index in [-0.39, 0.29) is 52.3 Å². The van der Waals surface area contributed by atoms with E-state index in [1.807, 2.05) is 0 Å². The monoisotopic (exact) mass is 575 g/mol. The number of nitrogens with zero attached hydrogens (tertiary/aromatic N) is 1. The number of ether oxygens (including phenoxy) is 2. The molecule has 0 saturated heterocycles. The number of primary amides is 1. The van der Waals surface area contributed by atoms with Crippen LogP contribution in [0.3, 0.4) is 0 Å². The van der Waals surface area contributed by atoms with Crippen LogP contribution in [-0.4, -0.2) is 52.4 Å². The number of nitrogens with one attached hydrogen (secondary N) is 1. The Kier molecular flexibility index (Phi) is 6.80. The predicted octanol–water partition coefficient (Wildman–Crippen LogP) is 3.45. The van der Waals surface area contributed by atoms with Gasteiger partial charge in [0.15, 0.2) is 11.5 Å². The third-order valence-corrected chi connectivity index (χ3v) is 7.17. The van der Waals surface area contributed by atoms with Crippen LogP contribution in [0.2, 0.25) is 0 Å². The maximum atomic E-state index is 14.5. The number of pyridine rings is 1. The average molecular weight is 576 g/mol. The zero-order chi connectivity index (χ0) is 29.7. The van der Waals surface area contributed by atoms with E-state index in [2.05, 4.69) is 10.3 Å². The van der Waals surface area contributed by atoms with Crippen molar-refractivity contribution in [3.05, 3.63) is 71.2 Å². The van der Waals surface area contributed by atoms with Gasteiger partial charge in [0.05, 0.1) is 18.3 Å². The molecule has 13 heteroatoms. The molecule has 9 nitrogen and oxygen atoms in total. The summed E-state index contributed by atoms with van der Waals surface area (Å²) in [6.07, 6.45) is -3.95. The molecule has 0 bridgehead atoms. The summed E-state index contributed by atoms with van der Waals surface area (Å²) in [6.45, 7) is -0.290. The van der Waals surface area contributed by atoms with Gasteiger partial charge in [0.25, 0.3) is 5.91 Å². The van der Waals surface area contributed by atoms with Gasteiger partial charge in [0.1, 0.15) is 29.3 Å². The SMILES string of the molecule is C[C@]1(C(N)=O)COc2c1cc([C@@](O)(CNC(=O)c1ccc(O)c(OC3CC3)c1)C(F)(F)F)nc2-c1ccc(F)cc1. The van der Waals surface area contributed by atoms with Crippen molar-refractivity contribution in [3.63, 3.8) is 0 Å². The second kappa shape index (κ2) is 9.91. The van der Waals surface area contributed by atoms with E-state index in [4.69, 9.17) is 15.2 Å². The number of phenolic OH excluding ortho intramolecular Hbond substituents is 1. The summed E-state index contributed by atoms with van der Waals surface area (Å²) in [5.74, 6) is -2.77. The highest BCUT2D eigenvalue weighted by Gasteiger charge is 2.57. The van der Waals surface area contributed by atoms with E-state index in [1.165, 1.54) is 37.3 Å². The number of carbonyl (C=O) groups is 2. The highest BCUT2D eigenvalue weighted by molar-refractivity contribution is 5.95. The molecule has 1 saturated carbocycles. The van der Waals surface area contributed by atoms with Gasteiger partial charge in [-0.3, -0.25) is 9.59 Å². The molecule has 0 unspecified atom stereocenters. The number of hydrogen-bond donors (Lipinski definition) is 4. The molecule has 5 N–H and O–H groups in total. The summed E-state index contributed by atoms with van der Waals surface area (Å²) in [7, 11) is 0. The van der Waals surface area contributed by atoms with Gasteiger partial charge in [-0.25, -0.2) is 9.37 Å². The largest absolute Gasteiger partial charge is 0.504 e. The molecule has 1 fully saturated rings. The average Bonchev–Trinajstić information content (AvgIpc) is 3.68. The highest BCUT2D eigenvalue weighted by Crippen LogP contribution is 2.47. The lowest BCUT2D eigenvalue weighted by Crippen LogP contribution is -2.51. The molecule has 5 rings (SSSR count). The number of alkyl halides is 3. The number of nitrogens with two attached hydrogens (primary N) is 1. The number of hydrogen-bond acceptors (Lipinski definition) is 7. The van der Waals surface area contributed by atoms with E-state index in [0.29, 0.717) is 0 Å². The van der Waals surface area contributed by atoms with Crippen molar-refractivity contribution >= 4 is 11.8 Å². The number of amides is 2. The lowest BCUT2D eigenvalue weighted by atomic mass is 9.81. The van der Waals surface area contributed by atoms with Crippen LogP contribution in [-0.2, 0) is 15.8 Å². The van der Waals surface area contributed by atoms with E-state index in [0.717, 1.165) is 31.0 Å². The normalized spacial score (nSPS) is 19.6. The topological polar surface area (TPSA) is 144 Å².